The van der Waals surface area contributed by atoms with Crippen molar-refractivity contribution in [1.29, 1.82) is 0 Å². The van der Waals surface area contributed by atoms with Crippen LogP contribution < -0.4 is 0 Å². The van der Waals surface area contributed by atoms with Crippen LogP contribution in [-0.4, -0.2) is 17.0 Å². The van der Waals surface area contributed by atoms with E-state index >= 15 is 0 Å². The Morgan fingerprint density at radius 2 is 1.83 bits per heavy atom. The Kier molecular flexibility index (Phi) is 4.15. The van der Waals surface area contributed by atoms with Crippen LogP contribution in [0.4, 0.5) is 0 Å². The van der Waals surface area contributed by atoms with Crippen molar-refractivity contribution in [2.75, 3.05) is 0 Å². The summed E-state index contributed by atoms with van der Waals surface area (Å²) in [5.74, 6) is -1.89. The second kappa shape index (κ2) is 6.00. The Labute approximate surface area is 148 Å². The fourth-order valence-electron chi connectivity index (χ4n) is 2.43. The topological polar surface area (TPSA) is 68.1 Å². The number of benzene rings is 2. The van der Waals surface area contributed by atoms with Crippen LogP contribution in [0.5, 0.6) is 0 Å². The monoisotopic (exact) mass is 365 g/mol. The fourth-order valence-corrected chi connectivity index (χ4v) is 2.95. The summed E-state index contributed by atoms with van der Waals surface area (Å²) in [6.07, 6.45) is 0. The molecule has 0 bridgehead atoms. The van der Waals surface area contributed by atoms with Crippen molar-refractivity contribution in [2.24, 2.45) is 5.16 Å². The number of aryl methyl sites for hydroxylation is 1. The zero-order valence-corrected chi connectivity index (χ0v) is 14.4. The van der Waals surface area contributed by atoms with E-state index in [0.717, 1.165) is 0 Å². The second-order valence-electron chi connectivity index (χ2n) is 5.53. The van der Waals surface area contributed by atoms with Crippen LogP contribution in [0.2, 0.25) is 10.0 Å². The fraction of sp³-hybridized carbons (Fsp3) is 0.176. The lowest BCUT2D eigenvalue weighted by Gasteiger charge is -2.22. The molecule has 5 nitrogen and oxygen atoms in total. The van der Waals surface area contributed by atoms with Gasteiger partial charge in [-0.15, -0.1) is 0 Å². The predicted octanol–water partition coefficient (Wildman–Crippen LogP) is 4.58. The molecule has 1 heterocycles. The average molecular weight is 366 g/mol. The normalized spacial score (nSPS) is 19.4. The highest BCUT2D eigenvalue weighted by Crippen LogP contribution is 2.36. The van der Waals surface area contributed by atoms with Crippen LogP contribution in [0.15, 0.2) is 41.6 Å². The van der Waals surface area contributed by atoms with Gasteiger partial charge in [-0.25, -0.2) is 4.79 Å². The predicted molar refractivity (Wildman–Crippen MR) is 90.7 cm³/mol. The van der Waals surface area contributed by atoms with Crippen LogP contribution in [0.1, 0.15) is 34.0 Å². The Morgan fingerprint density at radius 3 is 2.42 bits per heavy atom. The molecule has 0 saturated heterocycles. The summed E-state index contributed by atoms with van der Waals surface area (Å²) in [7, 11) is 0. The molecule has 2 aromatic rings. The van der Waals surface area contributed by atoms with Crippen molar-refractivity contribution >= 4 is 35.1 Å². The van der Waals surface area contributed by atoms with Crippen LogP contribution in [0.25, 0.3) is 0 Å². The maximum absolute atomic E-state index is 11.1. The van der Waals surface area contributed by atoms with Crippen LogP contribution in [-0.2, 0) is 15.4 Å². The van der Waals surface area contributed by atoms with Gasteiger partial charge in [0, 0.05) is 28.1 Å². The average Bonchev–Trinajstić information content (AvgIpc) is 2.90. The summed E-state index contributed by atoms with van der Waals surface area (Å²) >= 11 is 12.0. The number of rotatable bonds is 3. The van der Waals surface area contributed by atoms with Gasteiger partial charge in [-0.1, -0.05) is 23.2 Å². The maximum Gasteiger partial charge on any atom is 0.335 e. The SMILES string of the molecule is Cc1cc(C2=NOC(C)(c3cc(Cl)cc(Cl)c3)O2)ccc1C(=O)O. The molecule has 0 amide bonds. The second-order valence-corrected chi connectivity index (χ2v) is 6.40. The smallest absolute Gasteiger partial charge is 0.335 e. The molecule has 0 aromatic heterocycles. The molecule has 3 rings (SSSR count). The van der Waals surface area contributed by atoms with Gasteiger partial charge in [0.2, 0.25) is 0 Å². The highest BCUT2D eigenvalue weighted by atomic mass is 35.5. The van der Waals surface area contributed by atoms with Gasteiger partial charge in [-0.3, -0.25) is 0 Å². The maximum atomic E-state index is 11.1. The first-order valence-electron chi connectivity index (χ1n) is 7.04. The Hall–Kier alpha value is -2.24. The van der Waals surface area contributed by atoms with E-state index in [1.165, 1.54) is 6.07 Å². The number of ether oxygens (including phenoxy) is 1. The molecule has 1 atom stereocenters. The molecule has 0 radical (unpaired) electrons. The van der Waals surface area contributed by atoms with Gasteiger partial charge < -0.3 is 14.7 Å². The van der Waals surface area contributed by atoms with E-state index in [1.54, 1.807) is 44.2 Å². The lowest BCUT2D eigenvalue weighted by Crippen LogP contribution is -2.25. The van der Waals surface area contributed by atoms with E-state index in [-0.39, 0.29) is 11.5 Å². The summed E-state index contributed by atoms with van der Waals surface area (Å²) in [4.78, 5) is 16.5. The highest BCUT2D eigenvalue weighted by molar-refractivity contribution is 6.34. The van der Waals surface area contributed by atoms with Crippen molar-refractivity contribution in [3.8, 4) is 0 Å². The molecule has 0 aliphatic carbocycles. The molecule has 24 heavy (non-hydrogen) atoms. The van der Waals surface area contributed by atoms with E-state index in [9.17, 15) is 4.79 Å². The Bertz CT molecular complexity index is 845. The van der Waals surface area contributed by atoms with Gasteiger partial charge in [0.1, 0.15) is 0 Å². The highest BCUT2D eigenvalue weighted by Gasteiger charge is 2.39. The lowest BCUT2D eigenvalue weighted by atomic mass is 10.0. The van der Waals surface area contributed by atoms with E-state index in [2.05, 4.69) is 5.16 Å². The van der Waals surface area contributed by atoms with E-state index in [1.807, 2.05) is 0 Å². The largest absolute Gasteiger partial charge is 0.478 e. The molecule has 1 aliphatic heterocycles. The molecule has 2 aromatic carbocycles. The van der Waals surface area contributed by atoms with Crippen molar-refractivity contribution in [3.63, 3.8) is 0 Å². The zero-order chi connectivity index (χ0) is 17.5. The first-order chi connectivity index (χ1) is 11.3. The van der Waals surface area contributed by atoms with E-state index in [0.29, 0.717) is 26.7 Å². The molecular formula is C17H13Cl2NO4. The third-order valence-electron chi connectivity index (χ3n) is 3.68. The number of nitrogens with zero attached hydrogens (tertiary/aromatic N) is 1. The first kappa shape index (κ1) is 16.6. The van der Waals surface area contributed by atoms with E-state index < -0.39 is 11.8 Å². The van der Waals surface area contributed by atoms with Crippen LogP contribution in [0.3, 0.4) is 0 Å². The Balaban J connectivity index is 1.89. The lowest BCUT2D eigenvalue weighted by molar-refractivity contribution is -0.152. The molecule has 1 aliphatic rings. The number of oxime groups is 1. The van der Waals surface area contributed by atoms with Crippen molar-refractivity contribution in [1.82, 2.24) is 0 Å². The molecule has 124 valence electrons. The van der Waals surface area contributed by atoms with E-state index in [4.69, 9.17) is 37.9 Å². The molecule has 0 fully saturated rings. The van der Waals surface area contributed by atoms with Gasteiger partial charge in [-0.05, 0) is 54.0 Å². The van der Waals surface area contributed by atoms with Crippen molar-refractivity contribution < 1.29 is 19.5 Å². The third-order valence-corrected chi connectivity index (χ3v) is 4.12. The minimum Gasteiger partial charge on any atom is -0.478 e. The molecule has 0 spiro atoms. The molecular weight excluding hydrogens is 353 g/mol. The Morgan fingerprint density at radius 1 is 1.17 bits per heavy atom. The summed E-state index contributed by atoms with van der Waals surface area (Å²) in [5.41, 5.74) is 2.07. The number of hydrogen-bond donors (Lipinski definition) is 1. The minimum absolute atomic E-state index is 0.225. The van der Waals surface area contributed by atoms with Gasteiger partial charge in [0.25, 0.3) is 5.90 Å². The number of hydrogen-bond acceptors (Lipinski definition) is 4. The first-order valence-corrected chi connectivity index (χ1v) is 7.80. The van der Waals surface area contributed by atoms with Crippen LogP contribution in [0, 0.1) is 6.92 Å². The number of carbonyl (C=O) groups is 1. The molecule has 7 heteroatoms. The van der Waals surface area contributed by atoms with Gasteiger partial charge >= 0.3 is 11.8 Å². The van der Waals surface area contributed by atoms with Gasteiger partial charge in [-0.2, -0.15) is 0 Å². The zero-order valence-electron chi connectivity index (χ0n) is 12.8. The summed E-state index contributed by atoms with van der Waals surface area (Å²) < 4.78 is 5.85. The molecule has 0 saturated carbocycles. The number of carboxylic acids is 1. The summed E-state index contributed by atoms with van der Waals surface area (Å²) in [6, 6.07) is 9.79. The summed E-state index contributed by atoms with van der Waals surface area (Å²) in [6.45, 7) is 3.41. The number of carboxylic acid groups (broad SMARTS) is 1. The molecule has 1 N–H and O–H groups in total. The minimum atomic E-state index is -1.16. The summed E-state index contributed by atoms with van der Waals surface area (Å²) in [5, 5.41) is 14.0. The quantitative estimate of drug-likeness (QED) is 0.863. The number of halogens is 2. The van der Waals surface area contributed by atoms with Crippen molar-refractivity contribution in [3.05, 3.63) is 68.7 Å². The van der Waals surface area contributed by atoms with Crippen LogP contribution >= 0.6 is 23.2 Å². The van der Waals surface area contributed by atoms with Crippen molar-refractivity contribution in [2.45, 2.75) is 19.6 Å². The standard InChI is InChI=1S/C17H13Cl2NO4/c1-9-5-10(3-4-14(9)16(21)22)15-20-24-17(2,23-15)11-6-12(18)8-13(19)7-11/h3-8H,1-2H3,(H,21,22). The van der Waals surface area contributed by atoms with Gasteiger partial charge in [0.05, 0.1) is 5.56 Å². The number of aromatic carboxylic acids is 1. The van der Waals surface area contributed by atoms with Gasteiger partial charge in [0.15, 0.2) is 0 Å². The third kappa shape index (κ3) is 3.05. The molecule has 1 unspecified atom stereocenters.